The molecule has 1 amide bonds. The Hall–Kier alpha value is -3.81. The van der Waals surface area contributed by atoms with Crippen LogP contribution >= 0.6 is 0 Å². The van der Waals surface area contributed by atoms with Gasteiger partial charge < -0.3 is 14.6 Å². The summed E-state index contributed by atoms with van der Waals surface area (Å²) in [4.78, 5) is 31.5. The first-order valence-electron chi connectivity index (χ1n) is 14.5. The van der Waals surface area contributed by atoms with Gasteiger partial charge in [-0.3, -0.25) is 20.0 Å². The van der Waals surface area contributed by atoms with Gasteiger partial charge in [-0.05, 0) is 54.2 Å². The molecule has 0 radical (unpaired) electrons. The largest absolute Gasteiger partial charge is 1.00 e. The van der Waals surface area contributed by atoms with E-state index in [-0.39, 0.29) is 69.4 Å². The zero-order valence-electron chi connectivity index (χ0n) is 25.7. The van der Waals surface area contributed by atoms with E-state index >= 15 is 0 Å². The van der Waals surface area contributed by atoms with Gasteiger partial charge in [0.05, 0.1) is 22.6 Å². The SMILES string of the molecule is Cc1cc(=O)n(CC(=O)N(C)C)nc1-c1ccc2nc(C3CC3)n(Cc3ccc(-c4ccccc4-c4nn[n-]n4)cc3)c2c1.[K+]. The molecule has 1 aliphatic rings. The smallest absolute Gasteiger partial charge is 0.347 e. The molecule has 0 unspecified atom stereocenters. The number of carbonyl (C=O) groups is 1. The number of amides is 1. The van der Waals surface area contributed by atoms with Crippen LogP contribution in [-0.2, 0) is 17.9 Å². The average molecular weight is 624 g/mol. The van der Waals surface area contributed by atoms with Crippen LogP contribution in [0.1, 0.15) is 35.7 Å². The third-order valence-electron chi connectivity index (χ3n) is 8.06. The van der Waals surface area contributed by atoms with Gasteiger partial charge >= 0.3 is 51.4 Å². The number of benzene rings is 3. The van der Waals surface area contributed by atoms with Crippen LogP contribution in [0.15, 0.2) is 77.6 Å². The molecule has 12 heteroatoms. The predicted octanol–water partition coefficient (Wildman–Crippen LogP) is 1.06. The van der Waals surface area contributed by atoms with Crippen LogP contribution in [-0.4, -0.2) is 59.6 Å². The summed E-state index contributed by atoms with van der Waals surface area (Å²) in [5.74, 6) is 1.84. The number of aryl methyl sites for hydroxylation is 1. The number of hydrogen-bond donors (Lipinski definition) is 0. The summed E-state index contributed by atoms with van der Waals surface area (Å²) < 4.78 is 3.54. The van der Waals surface area contributed by atoms with Crippen LogP contribution in [0.4, 0.5) is 0 Å². The van der Waals surface area contributed by atoms with E-state index in [0.29, 0.717) is 24.0 Å². The molecule has 0 bridgehead atoms. The van der Waals surface area contributed by atoms with Crippen molar-refractivity contribution in [2.24, 2.45) is 0 Å². The maximum atomic E-state index is 12.6. The van der Waals surface area contributed by atoms with Gasteiger partial charge in [0.1, 0.15) is 12.4 Å². The predicted molar refractivity (Wildman–Crippen MR) is 166 cm³/mol. The van der Waals surface area contributed by atoms with Crippen LogP contribution in [0.25, 0.3) is 44.8 Å². The molecule has 11 nitrogen and oxygen atoms in total. The molecule has 3 heterocycles. The molecular formula is C33H30KN9O2. The number of fused-ring (bicyclic) bond motifs is 1. The van der Waals surface area contributed by atoms with Gasteiger partial charge in [0.15, 0.2) is 0 Å². The molecule has 3 aromatic carbocycles. The van der Waals surface area contributed by atoms with E-state index in [9.17, 15) is 9.59 Å². The number of rotatable bonds is 8. The fourth-order valence-corrected chi connectivity index (χ4v) is 5.51. The molecule has 0 N–H and O–H groups in total. The molecule has 6 aromatic rings. The van der Waals surface area contributed by atoms with Crippen molar-refractivity contribution in [3.63, 3.8) is 0 Å². The van der Waals surface area contributed by atoms with Crippen molar-refractivity contribution in [2.45, 2.75) is 38.8 Å². The van der Waals surface area contributed by atoms with Crippen molar-refractivity contribution in [2.75, 3.05) is 14.1 Å². The Morgan fingerprint density at radius 2 is 1.71 bits per heavy atom. The number of hydrogen-bond acceptors (Lipinski definition) is 7. The van der Waals surface area contributed by atoms with Crippen LogP contribution in [0.3, 0.4) is 0 Å². The standard InChI is InChI=1S/C33H30N9O2.K/c1-20-16-29(43)42(19-30(44)40(2)3)37-31(20)24-14-15-27-28(17-24)41(33(34-27)23-12-13-23)18-21-8-10-22(11-9-21)25-6-4-5-7-26(25)32-35-38-39-36-32;/h4-11,14-17,23H,12-13,18-19H2,1-3H3;/q-1;+1. The first-order chi connectivity index (χ1) is 21.4. The van der Waals surface area contributed by atoms with Crippen molar-refractivity contribution in [1.82, 2.24) is 44.9 Å². The number of tetrazole rings is 1. The van der Waals surface area contributed by atoms with Crippen molar-refractivity contribution in [3.8, 4) is 33.8 Å². The van der Waals surface area contributed by atoms with Gasteiger partial charge in [0.2, 0.25) is 5.91 Å². The zero-order valence-corrected chi connectivity index (χ0v) is 28.8. The third-order valence-corrected chi connectivity index (χ3v) is 8.06. The van der Waals surface area contributed by atoms with Crippen LogP contribution in [0.2, 0.25) is 0 Å². The van der Waals surface area contributed by atoms with E-state index in [1.165, 1.54) is 9.58 Å². The number of aromatic nitrogens is 8. The van der Waals surface area contributed by atoms with Gasteiger partial charge in [-0.1, -0.05) is 54.6 Å². The van der Waals surface area contributed by atoms with E-state index in [1.807, 2.05) is 43.3 Å². The molecular weight excluding hydrogens is 594 g/mol. The third kappa shape index (κ3) is 6.33. The van der Waals surface area contributed by atoms with Crippen LogP contribution in [0.5, 0.6) is 0 Å². The first-order valence-corrected chi connectivity index (χ1v) is 14.5. The molecule has 7 rings (SSSR count). The van der Waals surface area contributed by atoms with Crippen molar-refractivity contribution in [3.05, 3.63) is 100 Å². The van der Waals surface area contributed by atoms with E-state index in [1.54, 1.807) is 20.2 Å². The van der Waals surface area contributed by atoms with E-state index < -0.39 is 0 Å². The second kappa shape index (κ2) is 12.9. The summed E-state index contributed by atoms with van der Waals surface area (Å²) in [6.07, 6.45) is 2.26. The van der Waals surface area contributed by atoms with E-state index in [4.69, 9.17) is 4.98 Å². The van der Waals surface area contributed by atoms with E-state index in [0.717, 1.165) is 63.1 Å². The quantitative estimate of drug-likeness (QED) is 0.231. The Bertz CT molecular complexity index is 2060. The Morgan fingerprint density at radius 3 is 2.40 bits per heavy atom. The number of imidazole rings is 1. The Balaban J connectivity index is 0.00000357. The number of nitrogens with zero attached hydrogens (tertiary/aromatic N) is 9. The summed E-state index contributed by atoms with van der Waals surface area (Å²) in [6, 6.07) is 24.1. The first kappa shape index (κ1) is 31.2. The maximum Gasteiger partial charge on any atom is 1.00 e. The molecule has 0 saturated heterocycles. The molecule has 0 atom stereocenters. The Morgan fingerprint density at radius 1 is 0.978 bits per heavy atom. The Kier molecular flexibility index (Phi) is 8.93. The van der Waals surface area contributed by atoms with Crippen molar-refractivity contribution < 1.29 is 56.2 Å². The van der Waals surface area contributed by atoms with E-state index in [2.05, 4.69) is 60.6 Å². The second-order valence-corrected chi connectivity index (χ2v) is 11.4. The van der Waals surface area contributed by atoms with Gasteiger partial charge in [-0.25, -0.2) is 14.8 Å². The number of carbonyl (C=O) groups excluding carboxylic acids is 1. The van der Waals surface area contributed by atoms with Crippen molar-refractivity contribution >= 4 is 16.9 Å². The van der Waals surface area contributed by atoms with Crippen LogP contribution < -0.4 is 62.2 Å². The summed E-state index contributed by atoms with van der Waals surface area (Å²) in [6.45, 7) is 2.42. The molecule has 1 fully saturated rings. The summed E-state index contributed by atoms with van der Waals surface area (Å²) in [5.41, 5.74) is 8.03. The maximum absolute atomic E-state index is 12.6. The normalized spacial score (nSPS) is 12.7. The summed E-state index contributed by atoms with van der Waals surface area (Å²) >= 11 is 0. The molecule has 0 aliphatic heterocycles. The zero-order chi connectivity index (χ0) is 30.4. The minimum atomic E-state index is -0.301. The van der Waals surface area contributed by atoms with Gasteiger partial charge in [0.25, 0.3) is 5.56 Å². The molecule has 220 valence electrons. The summed E-state index contributed by atoms with van der Waals surface area (Å²) in [5, 5.41) is 20.0. The minimum absolute atomic E-state index is 0. The average Bonchev–Trinajstić information content (AvgIpc) is 3.60. The molecule has 1 aliphatic carbocycles. The monoisotopic (exact) mass is 623 g/mol. The molecule has 0 spiro atoms. The van der Waals surface area contributed by atoms with Crippen LogP contribution in [0, 0.1) is 6.92 Å². The summed E-state index contributed by atoms with van der Waals surface area (Å²) in [7, 11) is 3.33. The van der Waals surface area contributed by atoms with Gasteiger partial charge in [0, 0.05) is 43.8 Å². The minimum Gasteiger partial charge on any atom is -0.347 e. The van der Waals surface area contributed by atoms with Gasteiger partial charge in [-0.2, -0.15) is 5.10 Å². The molecule has 1 saturated carbocycles. The topological polar surface area (TPSA) is 126 Å². The second-order valence-electron chi connectivity index (χ2n) is 11.4. The molecule has 3 aromatic heterocycles. The molecule has 45 heavy (non-hydrogen) atoms. The van der Waals surface area contributed by atoms with Crippen molar-refractivity contribution in [1.29, 1.82) is 0 Å². The number of likely N-dealkylation sites (N-methyl/N-ethyl adjacent to an activating group) is 1. The fraction of sp³-hybridized carbons (Fsp3) is 0.242. The Labute approximate surface area is 302 Å². The van der Waals surface area contributed by atoms with Gasteiger partial charge in [-0.15, -0.1) is 0 Å². The fourth-order valence-electron chi connectivity index (χ4n) is 5.51.